The van der Waals surface area contributed by atoms with Gasteiger partial charge in [-0.1, -0.05) is 6.07 Å². The summed E-state index contributed by atoms with van der Waals surface area (Å²) in [6, 6.07) is 10.4. The summed E-state index contributed by atoms with van der Waals surface area (Å²) < 4.78 is 0. The molecular weight excluding hydrogens is 304 g/mol. The lowest BCUT2D eigenvalue weighted by molar-refractivity contribution is 0.121. The van der Waals surface area contributed by atoms with Gasteiger partial charge in [-0.15, -0.1) is 0 Å². The molecule has 0 spiro atoms. The molecule has 6 nitrogen and oxygen atoms in total. The van der Waals surface area contributed by atoms with E-state index in [1.165, 1.54) is 0 Å². The predicted molar refractivity (Wildman–Crippen MR) is 95.6 cm³/mol. The summed E-state index contributed by atoms with van der Waals surface area (Å²) in [4.78, 5) is 4.57. The number of nitrogen functional groups attached to an aromatic ring is 2. The van der Waals surface area contributed by atoms with Gasteiger partial charge in [0.1, 0.15) is 11.5 Å². The van der Waals surface area contributed by atoms with Crippen LogP contribution in [-0.4, -0.2) is 46.2 Å². The summed E-state index contributed by atoms with van der Waals surface area (Å²) in [6.45, 7) is 4.89. The molecule has 1 aliphatic heterocycles. The molecule has 6 heteroatoms. The van der Waals surface area contributed by atoms with Crippen molar-refractivity contribution in [2.45, 2.75) is 13.1 Å². The van der Waals surface area contributed by atoms with Gasteiger partial charge in [0.25, 0.3) is 0 Å². The molecule has 1 aliphatic rings. The molecule has 1 saturated heterocycles. The molecule has 128 valence electrons. The van der Waals surface area contributed by atoms with Gasteiger partial charge in [-0.25, -0.2) is 0 Å². The molecule has 0 atom stereocenters. The minimum Gasteiger partial charge on any atom is -0.508 e. The Balaban J connectivity index is 1.57. The first-order valence-corrected chi connectivity index (χ1v) is 8.11. The van der Waals surface area contributed by atoms with Crippen molar-refractivity contribution in [3.63, 3.8) is 0 Å². The van der Waals surface area contributed by atoms with Crippen LogP contribution in [0.1, 0.15) is 11.1 Å². The third-order valence-corrected chi connectivity index (χ3v) is 4.53. The third kappa shape index (κ3) is 3.72. The van der Waals surface area contributed by atoms with Gasteiger partial charge in [0.05, 0.1) is 0 Å². The van der Waals surface area contributed by atoms with Crippen molar-refractivity contribution in [1.29, 1.82) is 0 Å². The highest BCUT2D eigenvalue weighted by Crippen LogP contribution is 2.26. The van der Waals surface area contributed by atoms with Crippen molar-refractivity contribution >= 4 is 11.4 Å². The predicted octanol–water partition coefficient (Wildman–Crippen LogP) is 1.58. The van der Waals surface area contributed by atoms with Crippen LogP contribution in [0.25, 0.3) is 0 Å². The smallest absolute Gasteiger partial charge is 0.122 e. The summed E-state index contributed by atoms with van der Waals surface area (Å²) in [6.07, 6.45) is 0. The van der Waals surface area contributed by atoms with Crippen LogP contribution in [0, 0.1) is 0 Å². The summed E-state index contributed by atoms with van der Waals surface area (Å²) >= 11 is 0. The van der Waals surface area contributed by atoms with Crippen LogP contribution in [0.5, 0.6) is 11.5 Å². The van der Waals surface area contributed by atoms with Crippen molar-refractivity contribution in [3.8, 4) is 11.5 Å². The Morgan fingerprint density at radius 1 is 0.833 bits per heavy atom. The van der Waals surface area contributed by atoms with Crippen molar-refractivity contribution < 1.29 is 10.2 Å². The zero-order valence-corrected chi connectivity index (χ0v) is 13.7. The fraction of sp³-hybridized carbons (Fsp3) is 0.333. The van der Waals surface area contributed by atoms with Crippen molar-refractivity contribution in [2.24, 2.45) is 0 Å². The van der Waals surface area contributed by atoms with E-state index in [0.29, 0.717) is 24.5 Å². The maximum atomic E-state index is 9.97. The Kier molecular flexibility index (Phi) is 4.78. The molecule has 2 aromatic rings. The summed E-state index contributed by atoms with van der Waals surface area (Å²) in [5, 5.41) is 19.9. The van der Waals surface area contributed by atoms with Gasteiger partial charge in [-0.2, -0.15) is 0 Å². The van der Waals surface area contributed by atoms with Gasteiger partial charge in [0, 0.05) is 61.8 Å². The van der Waals surface area contributed by atoms with E-state index < -0.39 is 0 Å². The quantitative estimate of drug-likeness (QED) is 0.502. The fourth-order valence-electron chi connectivity index (χ4n) is 3.07. The molecule has 6 N–H and O–H groups in total. The molecule has 1 fully saturated rings. The van der Waals surface area contributed by atoms with Gasteiger partial charge in [-0.3, -0.25) is 9.80 Å². The second-order valence-electron chi connectivity index (χ2n) is 6.29. The maximum Gasteiger partial charge on any atom is 0.122 e. The van der Waals surface area contributed by atoms with E-state index >= 15 is 0 Å². The van der Waals surface area contributed by atoms with Crippen molar-refractivity contribution in [3.05, 3.63) is 47.5 Å². The molecule has 0 aliphatic carbocycles. The van der Waals surface area contributed by atoms with Crippen LogP contribution in [0.2, 0.25) is 0 Å². The minimum atomic E-state index is 0.252. The van der Waals surface area contributed by atoms with E-state index in [1.807, 2.05) is 12.1 Å². The van der Waals surface area contributed by atoms with Crippen LogP contribution < -0.4 is 11.5 Å². The van der Waals surface area contributed by atoms with Gasteiger partial charge in [0.15, 0.2) is 0 Å². The molecule has 24 heavy (non-hydrogen) atoms. The molecule has 1 heterocycles. The van der Waals surface area contributed by atoms with Gasteiger partial charge < -0.3 is 21.7 Å². The topological polar surface area (TPSA) is 99.0 Å². The van der Waals surface area contributed by atoms with E-state index in [-0.39, 0.29) is 11.5 Å². The zero-order chi connectivity index (χ0) is 17.1. The molecule has 0 unspecified atom stereocenters. The molecule has 2 aromatic carbocycles. The Morgan fingerprint density at radius 2 is 1.50 bits per heavy atom. The SMILES string of the molecule is Nc1ccc(O)c(CN2CCN(Cc3c(N)cccc3O)CC2)c1. The second-order valence-corrected chi connectivity index (χ2v) is 6.29. The van der Waals surface area contributed by atoms with E-state index in [4.69, 9.17) is 11.5 Å². The monoisotopic (exact) mass is 328 g/mol. The summed E-state index contributed by atoms with van der Waals surface area (Å²) in [7, 11) is 0. The van der Waals surface area contributed by atoms with Crippen molar-refractivity contribution in [1.82, 2.24) is 9.80 Å². The lowest BCUT2D eigenvalue weighted by Crippen LogP contribution is -2.45. The molecule has 0 saturated carbocycles. The minimum absolute atomic E-state index is 0.252. The number of nitrogens with zero attached hydrogens (tertiary/aromatic N) is 2. The van der Waals surface area contributed by atoms with E-state index in [9.17, 15) is 10.2 Å². The number of phenols is 2. The molecule has 0 amide bonds. The normalized spacial score (nSPS) is 16.3. The Labute approximate surface area is 141 Å². The average Bonchev–Trinajstić information content (AvgIpc) is 2.56. The highest BCUT2D eigenvalue weighted by atomic mass is 16.3. The molecule has 0 radical (unpaired) electrons. The number of anilines is 2. The first-order valence-electron chi connectivity index (χ1n) is 8.11. The lowest BCUT2D eigenvalue weighted by atomic mass is 10.1. The Hall–Kier alpha value is -2.44. The number of nitrogens with two attached hydrogens (primary N) is 2. The average molecular weight is 328 g/mol. The number of benzene rings is 2. The standard InChI is InChI=1S/C18H24N4O2/c19-14-4-5-17(23)13(10-14)11-21-6-8-22(9-7-21)12-15-16(20)2-1-3-18(15)24/h1-5,10,23-24H,6-9,11-12,19-20H2. The lowest BCUT2D eigenvalue weighted by Gasteiger charge is -2.35. The Bertz CT molecular complexity index is 692. The van der Waals surface area contributed by atoms with Crippen LogP contribution in [0.4, 0.5) is 11.4 Å². The largest absolute Gasteiger partial charge is 0.508 e. The number of piperazine rings is 1. The van der Waals surface area contributed by atoms with Gasteiger partial charge in [-0.05, 0) is 30.3 Å². The maximum absolute atomic E-state index is 9.97. The van der Waals surface area contributed by atoms with E-state index in [0.717, 1.165) is 37.3 Å². The number of rotatable bonds is 4. The van der Waals surface area contributed by atoms with Gasteiger partial charge >= 0.3 is 0 Å². The number of hydrogen-bond donors (Lipinski definition) is 4. The van der Waals surface area contributed by atoms with Crippen LogP contribution >= 0.6 is 0 Å². The van der Waals surface area contributed by atoms with Gasteiger partial charge in [0.2, 0.25) is 0 Å². The fourth-order valence-corrected chi connectivity index (χ4v) is 3.07. The number of aromatic hydroxyl groups is 2. The second kappa shape index (κ2) is 6.98. The summed E-state index contributed by atoms with van der Waals surface area (Å²) in [5.41, 5.74) is 14.7. The first-order chi connectivity index (χ1) is 11.5. The number of hydrogen-bond acceptors (Lipinski definition) is 6. The van der Waals surface area contributed by atoms with Crippen LogP contribution in [0.3, 0.4) is 0 Å². The first kappa shape index (κ1) is 16.4. The highest BCUT2D eigenvalue weighted by Gasteiger charge is 2.19. The van der Waals surface area contributed by atoms with E-state index in [1.54, 1.807) is 24.3 Å². The molecular formula is C18H24N4O2. The third-order valence-electron chi connectivity index (χ3n) is 4.53. The summed E-state index contributed by atoms with van der Waals surface area (Å²) in [5.74, 6) is 0.538. The Morgan fingerprint density at radius 3 is 2.17 bits per heavy atom. The van der Waals surface area contributed by atoms with Crippen molar-refractivity contribution in [2.75, 3.05) is 37.6 Å². The molecule has 3 rings (SSSR count). The van der Waals surface area contributed by atoms with Crippen LogP contribution in [0.15, 0.2) is 36.4 Å². The zero-order valence-electron chi connectivity index (χ0n) is 13.7. The number of phenolic OH excluding ortho intramolecular Hbond substituents is 2. The highest BCUT2D eigenvalue weighted by molar-refractivity contribution is 5.53. The van der Waals surface area contributed by atoms with Crippen LogP contribution in [-0.2, 0) is 13.1 Å². The molecule has 0 bridgehead atoms. The molecule has 0 aromatic heterocycles. The van der Waals surface area contributed by atoms with E-state index in [2.05, 4.69) is 9.80 Å².